The standard InChI is InChI=1S/C15H22N2O2S2/c1-11-5-6-12(7-11)9-17-21(18,19)10-13-3-2-4-14(8-13)15(16)20/h2-4,8,11-12,17H,5-7,9-10H2,1H3,(H2,16,20). The van der Waals surface area contributed by atoms with Gasteiger partial charge < -0.3 is 5.73 Å². The average molecular weight is 326 g/mol. The fraction of sp³-hybridized carbons (Fsp3) is 0.533. The van der Waals surface area contributed by atoms with E-state index in [-0.39, 0.29) is 10.7 Å². The number of benzene rings is 1. The van der Waals surface area contributed by atoms with Crippen LogP contribution in [0.15, 0.2) is 24.3 Å². The van der Waals surface area contributed by atoms with Gasteiger partial charge in [0.25, 0.3) is 0 Å². The number of nitrogens with one attached hydrogen (secondary N) is 1. The maximum absolute atomic E-state index is 12.1. The Morgan fingerprint density at radius 2 is 2.19 bits per heavy atom. The van der Waals surface area contributed by atoms with Crippen molar-refractivity contribution in [2.45, 2.75) is 31.9 Å². The predicted molar refractivity (Wildman–Crippen MR) is 89.5 cm³/mol. The summed E-state index contributed by atoms with van der Waals surface area (Å²) in [5, 5.41) is 0. The molecule has 21 heavy (non-hydrogen) atoms. The van der Waals surface area contributed by atoms with Crippen LogP contribution in [0.5, 0.6) is 0 Å². The summed E-state index contributed by atoms with van der Waals surface area (Å²) in [7, 11) is -3.32. The lowest BCUT2D eigenvalue weighted by Gasteiger charge is -2.12. The van der Waals surface area contributed by atoms with Crippen LogP contribution in [0.25, 0.3) is 0 Å². The molecule has 1 aliphatic carbocycles. The fourth-order valence-corrected chi connectivity index (χ4v) is 4.18. The lowest BCUT2D eigenvalue weighted by atomic mass is 10.1. The van der Waals surface area contributed by atoms with Crippen molar-refractivity contribution in [1.29, 1.82) is 0 Å². The topological polar surface area (TPSA) is 72.2 Å². The zero-order valence-corrected chi connectivity index (χ0v) is 13.8. The molecule has 6 heteroatoms. The number of rotatable bonds is 6. The molecule has 1 aromatic carbocycles. The molecule has 1 fully saturated rings. The van der Waals surface area contributed by atoms with Gasteiger partial charge in [0.1, 0.15) is 4.99 Å². The molecule has 0 spiro atoms. The van der Waals surface area contributed by atoms with Crippen LogP contribution in [-0.2, 0) is 15.8 Å². The third-order valence-corrected chi connectivity index (χ3v) is 5.52. The second-order valence-corrected chi connectivity index (χ2v) is 8.20. The highest BCUT2D eigenvalue weighted by molar-refractivity contribution is 7.88. The van der Waals surface area contributed by atoms with Gasteiger partial charge in [-0.1, -0.05) is 43.8 Å². The van der Waals surface area contributed by atoms with Gasteiger partial charge in [-0.05, 0) is 36.3 Å². The van der Waals surface area contributed by atoms with E-state index in [0.717, 1.165) is 12.8 Å². The molecular weight excluding hydrogens is 304 g/mol. The van der Waals surface area contributed by atoms with E-state index in [1.54, 1.807) is 24.3 Å². The maximum Gasteiger partial charge on any atom is 0.215 e. The zero-order valence-electron chi connectivity index (χ0n) is 12.2. The molecule has 0 aliphatic heterocycles. The number of hydrogen-bond donors (Lipinski definition) is 2. The van der Waals surface area contributed by atoms with Crippen LogP contribution >= 0.6 is 12.2 Å². The highest BCUT2D eigenvalue weighted by Crippen LogP contribution is 2.29. The first kappa shape index (κ1) is 16.4. The van der Waals surface area contributed by atoms with E-state index in [4.69, 9.17) is 18.0 Å². The molecule has 2 unspecified atom stereocenters. The Morgan fingerprint density at radius 3 is 2.81 bits per heavy atom. The highest BCUT2D eigenvalue weighted by atomic mass is 32.2. The minimum absolute atomic E-state index is 0.0360. The van der Waals surface area contributed by atoms with Gasteiger partial charge in [0.2, 0.25) is 10.0 Å². The van der Waals surface area contributed by atoms with Crippen LogP contribution < -0.4 is 10.5 Å². The third-order valence-electron chi connectivity index (χ3n) is 3.96. The lowest BCUT2D eigenvalue weighted by molar-refractivity contribution is 0.498. The second-order valence-electron chi connectivity index (χ2n) is 5.96. The Labute approximate surface area is 132 Å². The summed E-state index contributed by atoms with van der Waals surface area (Å²) in [4.78, 5) is 0.280. The first-order chi connectivity index (χ1) is 9.85. The van der Waals surface area contributed by atoms with Gasteiger partial charge in [-0.2, -0.15) is 0 Å². The molecule has 116 valence electrons. The molecular formula is C15H22N2O2S2. The smallest absolute Gasteiger partial charge is 0.215 e. The number of hydrogen-bond acceptors (Lipinski definition) is 3. The monoisotopic (exact) mass is 326 g/mol. The summed E-state index contributed by atoms with van der Waals surface area (Å²) >= 11 is 4.91. The molecule has 1 aliphatic rings. The summed E-state index contributed by atoms with van der Waals surface area (Å²) in [6.07, 6.45) is 3.42. The molecule has 1 saturated carbocycles. The van der Waals surface area contributed by atoms with Crippen molar-refractivity contribution in [3.8, 4) is 0 Å². The molecule has 4 nitrogen and oxygen atoms in total. The SMILES string of the molecule is CC1CCC(CNS(=O)(=O)Cc2cccc(C(N)=S)c2)C1. The van der Waals surface area contributed by atoms with Gasteiger partial charge in [-0.15, -0.1) is 0 Å². The van der Waals surface area contributed by atoms with Crippen molar-refractivity contribution < 1.29 is 8.42 Å². The Balaban J connectivity index is 1.94. The first-order valence-corrected chi connectivity index (χ1v) is 9.28. The van der Waals surface area contributed by atoms with Gasteiger partial charge in [-0.25, -0.2) is 13.1 Å². The Morgan fingerprint density at radius 1 is 1.43 bits per heavy atom. The van der Waals surface area contributed by atoms with Gasteiger partial charge in [0, 0.05) is 12.1 Å². The maximum atomic E-state index is 12.1. The number of sulfonamides is 1. The molecule has 0 bridgehead atoms. The van der Waals surface area contributed by atoms with E-state index in [1.807, 2.05) is 0 Å². The Hall–Kier alpha value is -0.980. The normalized spacial score (nSPS) is 22.3. The van der Waals surface area contributed by atoms with Gasteiger partial charge in [0.15, 0.2) is 0 Å². The van der Waals surface area contributed by atoms with E-state index in [0.29, 0.717) is 29.5 Å². The molecule has 1 aromatic rings. The van der Waals surface area contributed by atoms with Crippen LogP contribution in [-0.4, -0.2) is 20.0 Å². The largest absolute Gasteiger partial charge is 0.389 e. The van der Waals surface area contributed by atoms with Gasteiger partial charge in [-0.3, -0.25) is 0 Å². The second kappa shape index (κ2) is 6.85. The van der Waals surface area contributed by atoms with Crippen molar-refractivity contribution in [2.24, 2.45) is 17.6 Å². The zero-order chi connectivity index (χ0) is 15.5. The number of thiocarbonyl (C=S) groups is 1. The van der Waals surface area contributed by atoms with Crippen molar-refractivity contribution >= 4 is 27.2 Å². The van der Waals surface area contributed by atoms with Crippen LogP contribution in [0.4, 0.5) is 0 Å². The summed E-state index contributed by atoms with van der Waals surface area (Å²) in [5.74, 6) is 1.14. The van der Waals surface area contributed by atoms with Gasteiger partial charge >= 0.3 is 0 Å². The minimum Gasteiger partial charge on any atom is -0.389 e. The van der Waals surface area contributed by atoms with Crippen LogP contribution in [0, 0.1) is 11.8 Å². The van der Waals surface area contributed by atoms with Crippen molar-refractivity contribution in [2.75, 3.05) is 6.54 Å². The van der Waals surface area contributed by atoms with Crippen LogP contribution in [0.3, 0.4) is 0 Å². The Kier molecular flexibility index (Phi) is 5.35. The molecule has 0 heterocycles. The third kappa shape index (κ3) is 5.05. The quantitative estimate of drug-likeness (QED) is 0.786. The highest BCUT2D eigenvalue weighted by Gasteiger charge is 2.23. The summed E-state index contributed by atoms with van der Waals surface area (Å²) in [6.45, 7) is 2.76. The van der Waals surface area contributed by atoms with E-state index in [9.17, 15) is 8.42 Å². The molecule has 0 amide bonds. The molecule has 0 saturated heterocycles. The van der Waals surface area contributed by atoms with Crippen LogP contribution in [0.2, 0.25) is 0 Å². The van der Waals surface area contributed by atoms with Gasteiger partial charge in [0.05, 0.1) is 5.75 Å². The molecule has 3 N–H and O–H groups in total. The molecule has 2 atom stereocenters. The Bertz CT molecular complexity index is 614. The predicted octanol–water partition coefficient (Wildman–Crippen LogP) is 2.18. The molecule has 0 radical (unpaired) electrons. The fourth-order valence-electron chi connectivity index (χ4n) is 2.84. The summed E-state index contributed by atoms with van der Waals surface area (Å²) in [5.41, 5.74) is 6.97. The minimum atomic E-state index is -3.32. The number of nitrogens with two attached hydrogens (primary N) is 1. The van der Waals surface area contributed by atoms with Crippen molar-refractivity contribution in [3.05, 3.63) is 35.4 Å². The molecule has 0 aromatic heterocycles. The van der Waals surface area contributed by atoms with Crippen LogP contribution in [0.1, 0.15) is 37.3 Å². The molecule has 2 rings (SSSR count). The summed E-state index contributed by atoms with van der Waals surface area (Å²) < 4.78 is 27.0. The lowest BCUT2D eigenvalue weighted by Crippen LogP contribution is -2.29. The van der Waals surface area contributed by atoms with Crippen molar-refractivity contribution in [1.82, 2.24) is 4.72 Å². The summed E-state index contributed by atoms with van der Waals surface area (Å²) in [6, 6.07) is 7.07. The van der Waals surface area contributed by atoms with E-state index < -0.39 is 10.0 Å². The van der Waals surface area contributed by atoms with E-state index >= 15 is 0 Å². The van der Waals surface area contributed by atoms with E-state index in [2.05, 4.69) is 11.6 Å². The van der Waals surface area contributed by atoms with E-state index in [1.165, 1.54) is 6.42 Å². The average Bonchev–Trinajstić information content (AvgIpc) is 2.82. The first-order valence-electron chi connectivity index (χ1n) is 7.22. The van der Waals surface area contributed by atoms with Crippen molar-refractivity contribution in [3.63, 3.8) is 0 Å².